The van der Waals surface area contributed by atoms with Crippen LogP contribution in [-0.4, -0.2) is 45.1 Å². The van der Waals surface area contributed by atoms with Crippen molar-refractivity contribution in [3.8, 4) is 0 Å². The number of hydrogen-bond donors (Lipinski definition) is 1. The summed E-state index contributed by atoms with van der Waals surface area (Å²) >= 11 is 6.13. The maximum absolute atomic E-state index is 13.7. The first kappa shape index (κ1) is 21.3. The van der Waals surface area contributed by atoms with E-state index in [-0.39, 0.29) is 0 Å². The van der Waals surface area contributed by atoms with Gasteiger partial charge in [0.15, 0.2) is 5.60 Å². The van der Waals surface area contributed by atoms with Crippen molar-refractivity contribution < 1.29 is 19.4 Å². The van der Waals surface area contributed by atoms with E-state index >= 15 is 0 Å². The smallest absolute Gasteiger partial charge is 0.329 e. The summed E-state index contributed by atoms with van der Waals surface area (Å²) < 4.78 is 5.50. The van der Waals surface area contributed by atoms with Gasteiger partial charge in [-0.2, -0.15) is 0 Å². The molecule has 29 heavy (non-hydrogen) atoms. The maximum Gasteiger partial charge on any atom is 0.329 e. The molecular formula is C22H25ClN2O4. The predicted molar refractivity (Wildman–Crippen MR) is 109 cm³/mol. The van der Waals surface area contributed by atoms with Gasteiger partial charge < -0.3 is 14.7 Å². The molecule has 1 fully saturated rings. The Labute approximate surface area is 175 Å². The number of likely N-dealkylation sites (tertiary alicyclic amines) is 1. The van der Waals surface area contributed by atoms with Crippen molar-refractivity contribution in [2.75, 3.05) is 6.54 Å². The molecule has 1 N–H and O–H groups in total. The normalized spacial score (nSPS) is 18.9. The van der Waals surface area contributed by atoms with E-state index in [1.54, 1.807) is 63.4 Å². The molecule has 0 bridgehead atoms. The molecule has 6 nitrogen and oxygen atoms in total. The summed E-state index contributed by atoms with van der Waals surface area (Å²) in [6, 6.07) is 9.04. The predicted octanol–water partition coefficient (Wildman–Crippen LogP) is 3.30. The van der Waals surface area contributed by atoms with Gasteiger partial charge in [0.25, 0.3) is 5.91 Å². The number of nitrogens with zero attached hydrogens (tertiary/aromatic N) is 2. The zero-order valence-electron chi connectivity index (χ0n) is 16.8. The summed E-state index contributed by atoms with van der Waals surface area (Å²) in [6.07, 6.45) is 4.14. The lowest BCUT2D eigenvalue weighted by atomic mass is 9.85. The molecule has 2 atom stereocenters. The van der Waals surface area contributed by atoms with Crippen LogP contribution in [0.4, 0.5) is 0 Å². The van der Waals surface area contributed by atoms with Crippen molar-refractivity contribution in [2.45, 2.75) is 50.9 Å². The molecule has 1 aliphatic rings. The van der Waals surface area contributed by atoms with Gasteiger partial charge >= 0.3 is 5.97 Å². The number of aromatic nitrogens is 1. The van der Waals surface area contributed by atoms with E-state index in [0.29, 0.717) is 35.5 Å². The van der Waals surface area contributed by atoms with Crippen molar-refractivity contribution in [1.29, 1.82) is 0 Å². The van der Waals surface area contributed by atoms with Gasteiger partial charge in [0.2, 0.25) is 0 Å². The summed E-state index contributed by atoms with van der Waals surface area (Å²) in [5.74, 6) is -1.07. The standard InChI is InChI=1S/C22H25ClN2O4/c1-21(2,3)29-19(26)18-10-6-12-25(18)20(27)22(28,16-8-5-11-24-14-16)15-7-4-9-17(23)13-15/h4-5,7-9,11,13-14,18,28H,6,10,12H2,1-3H3/t18-,22?/m0/s1. The highest BCUT2D eigenvalue weighted by atomic mass is 35.5. The lowest BCUT2D eigenvalue weighted by Gasteiger charge is -2.35. The maximum atomic E-state index is 13.7. The van der Waals surface area contributed by atoms with Crippen LogP contribution in [0.15, 0.2) is 48.8 Å². The first-order valence-corrected chi connectivity index (χ1v) is 9.93. The fraction of sp³-hybridized carbons (Fsp3) is 0.409. The number of carbonyl (C=O) groups is 2. The molecule has 1 saturated heterocycles. The minimum atomic E-state index is -2.02. The third-order valence-electron chi connectivity index (χ3n) is 4.82. The van der Waals surface area contributed by atoms with Gasteiger partial charge in [0, 0.05) is 29.5 Å². The number of carbonyl (C=O) groups excluding carboxylic acids is 2. The van der Waals surface area contributed by atoms with Gasteiger partial charge in [0.05, 0.1) is 0 Å². The molecule has 2 aromatic rings. The van der Waals surface area contributed by atoms with Crippen molar-refractivity contribution in [3.63, 3.8) is 0 Å². The van der Waals surface area contributed by atoms with Gasteiger partial charge in [0.1, 0.15) is 11.6 Å². The molecule has 0 aliphatic carbocycles. The van der Waals surface area contributed by atoms with Crippen LogP contribution in [0, 0.1) is 0 Å². The van der Waals surface area contributed by atoms with Gasteiger partial charge in [-0.15, -0.1) is 0 Å². The van der Waals surface area contributed by atoms with Crippen LogP contribution in [-0.2, 0) is 19.9 Å². The number of amides is 1. The molecule has 1 aromatic carbocycles. The Balaban J connectivity index is 2.02. The lowest BCUT2D eigenvalue weighted by molar-refractivity contribution is -0.167. The second-order valence-electron chi connectivity index (χ2n) is 8.15. The third kappa shape index (κ3) is 4.43. The van der Waals surface area contributed by atoms with Crippen LogP contribution in [0.5, 0.6) is 0 Å². The van der Waals surface area contributed by atoms with E-state index in [9.17, 15) is 14.7 Å². The Bertz CT molecular complexity index is 897. The number of halogens is 1. The van der Waals surface area contributed by atoms with Crippen molar-refractivity contribution in [3.05, 3.63) is 64.9 Å². The van der Waals surface area contributed by atoms with E-state index in [1.165, 1.54) is 11.1 Å². The topological polar surface area (TPSA) is 79.7 Å². The second-order valence-corrected chi connectivity index (χ2v) is 8.59. The molecule has 3 rings (SSSR count). The Morgan fingerprint density at radius 2 is 1.93 bits per heavy atom. The number of hydrogen-bond acceptors (Lipinski definition) is 5. The molecule has 154 valence electrons. The van der Waals surface area contributed by atoms with Gasteiger partial charge in [-0.1, -0.05) is 29.8 Å². The van der Waals surface area contributed by atoms with Gasteiger partial charge in [-0.25, -0.2) is 4.79 Å². The molecular weight excluding hydrogens is 392 g/mol. The summed E-state index contributed by atoms with van der Waals surface area (Å²) in [5, 5.41) is 12.1. The van der Waals surface area contributed by atoms with Crippen LogP contribution in [0.1, 0.15) is 44.7 Å². The van der Waals surface area contributed by atoms with E-state index in [0.717, 1.165) is 0 Å². The molecule has 1 aromatic heterocycles. The third-order valence-corrected chi connectivity index (χ3v) is 5.06. The second kappa shape index (κ2) is 8.13. The first-order valence-electron chi connectivity index (χ1n) is 9.56. The number of benzene rings is 1. The summed E-state index contributed by atoms with van der Waals surface area (Å²) in [4.78, 5) is 31.8. The van der Waals surface area contributed by atoms with E-state index in [1.807, 2.05) is 0 Å². The molecule has 1 amide bonds. The van der Waals surface area contributed by atoms with E-state index in [4.69, 9.17) is 16.3 Å². The highest BCUT2D eigenvalue weighted by Crippen LogP contribution is 2.35. The van der Waals surface area contributed by atoms with Crippen molar-refractivity contribution in [1.82, 2.24) is 9.88 Å². The summed E-state index contributed by atoms with van der Waals surface area (Å²) in [6.45, 7) is 5.70. The summed E-state index contributed by atoms with van der Waals surface area (Å²) in [7, 11) is 0. The number of ether oxygens (including phenoxy) is 1. The largest absolute Gasteiger partial charge is 0.458 e. The lowest BCUT2D eigenvalue weighted by Crippen LogP contribution is -2.52. The number of rotatable bonds is 4. The zero-order valence-corrected chi connectivity index (χ0v) is 17.5. The Kier molecular flexibility index (Phi) is 5.96. The van der Waals surface area contributed by atoms with E-state index < -0.39 is 29.1 Å². The first-order chi connectivity index (χ1) is 13.6. The zero-order chi connectivity index (χ0) is 21.2. The average molecular weight is 417 g/mol. The van der Waals surface area contributed by atoms with Crippen LogP contribution >= 0.6 is 11.6 Å². The van der Waals surface area contributed by atoms with Crippen LogP contribution in [0.2, 0.25) is 5.02 Å². The fourth-order valence-corrected chi connectivity index (χ4v) is 3.73. The highest BCUT2D eigenvalue weighted by molar-refractivity contribution is 6.30. The highest BCUT2D eigenvalue weighted by Gasteiger charge is 2.48. The average Bonchev–Trinajstić information content (AvgIpc) is 3.16. The minimum absolute atomic E-state index is 0.308. The number of aliphatic hydroxyl groups is 1. The quantitative estimate of drug-likeness (QED) is 0.773. The van der Waals surface area contributed by atoms with Gasteiger partial charge in [-0.3, -0.25) is 9.78 Å². The molecule has 0 saturated carbocycles. The van der Waals surface area contributed by atoms with Crippen LogP contribution in [0.3, 0.4) is 0 Å². The Morgan fingerprint density at radius 1 is 1.21 bits per heavy atom. The fourth-order valence-electron chi connectivity index (χ4n) is 3.54. The van der Waals surface area contributed by atoms with Crippen molar-refractivity contribution >= 4 is 23.5 Å². The molecule has 7 heteroatoms. The van der Waals surface area contributed by atoms with Crippen molar-refractivity contribution in [2.24, 2.45) is 0 Å². The molecule has 2 heterocycles. The van der Waals surface area contributed by atoms with Crippen LogP contribution < -0.4 is 0 Å². The monoisotopic (exact) mass is 416 g/mol. The number of esters is 1. The molecule has 1 unspecified atom stereocenters. The van der Waals surface area contributed by atoms with E-state index in [2.05, 4.69) is 4.98 Å². The Hall–Kier alpha value is -2.44. The Morgan fingerprint density at radius 3 is 2.55 bits per heavy atom. The summed E-state index contributed by atoms with van der Waals surface area (Å²) in [5.41, 5.74) is -2.06. The van der Waals surface area contributed by atoms with Crippen LogP contribution in [0.25, 0.3) is 0 Å². The number of pyridine rings is 1. The SMILES string of the molecule is CC(C)(C)OC(=O)[C@@H]1CCCN1C(=O)C(O)(c1cccnc1)c1cccc(Cl)c1. The molecule has 0 radical (unpaired) electrons. The molecule has 1 aliphatic heterocycles. The molecule has 0 spiro atoms. The minimum Gasteiger partial charge on any atom is -0.458 e. The van der Waals surface area contributed by atoms with Gasteiger partial charge in [-0.05, 0) is 57.4 Å².